The summed E-state index contributed by atoms with van der Waals surface area (Å²) in [6.45, 7) is 4.48. The number of hydrogen-bond donors (Lipinski definition) is 1. The Morgan fingerprint density at radius 2 is 0.883 bits per heavy atom. The Labute approximate surface area is 367 Å². The van der Waals surface area contributed by atoms with E-state index in [0.29, 0.717) is 19.3 Å². The van der Waals surface area contributed by atoms with Gasteiger partial charge in [0.2, 0.25) is 0 Å². The first-order chi connectivity index (χ1) is 29.1. The quantitative estimate of drug-likeness (QED) is 0.0283. The lowest BCUT2D eigenvalue weighted by atomic mass is 10.1. The number of likely N-dealkylation sites (N-methyl/N-ethyl adjacent to an activating group) is 1. The van der Waals surface area contributed by atoms with E-state index in [9.17, 15) is 19.5 Å². The van der Waals surface area contributed by atoms with Crippen LogP contribution in [0.5, 0.6) is 0 Å². The van der Waals surface area contributed by atoms with Gasteiger partial charge in [0, 0.05) is 19.3 Å². The molecule has 0 aliphatic carbocycles. The maximum Gasteiger partial charge on any atom is 0.362 e. The molecule has 0 fully saturated rings. The summed E-state index contributed by atoms with van der Waals surface area (Å²) in [4.78, 5) is 37.1. The molecule has 8 nitrogen and oxygen atoms in total. The number of carboxylic acids is 1. The lowest BCUT2D eigenvalue weighted by Crippen LogP contribution is -2.50. The van der Waals surface area contributed by atoms with Crippen molar-refractivity contribution in [3.05, 3.63) is 85.1 Å². The minimum absolute atomic E-state index is 0.0484. The Kier molecular flexibility index (Phi) is 39.8. The van der Waals surface area contributed by atoms with E-state index in [4.69, 9.17) is 14.2 Å². The fraction of sp³-hybridized carbons (Fsp3) is 0.673. The highest BCUT2D eigenvalue weighted by atomic mass is 16.6. The van der Waals surface area contributed by atoms with Crippen molar-refractivity contribution in [2.45, 2.75) is 187 Å². The molecule has 0 aromatic rings. The van der Waals surface area contributed by atoms with Crippen LogP contribution in [0.2, 0.25) is 0 Å². The van der Waals surface area contributed by atoms with Gasteiger partial charge in [-0.25, -0.2) is 4.79 Å². The highest BCUT2D eigenvalue weighted by Crippen LogP contribution is 2.14. The number of hydrogen-bond acceptors (Lipinski definition) is 6. The van der Waals surface area contributed by atoms with Gasteiger partial charge in [0.1, 0.15) is 6.61 Å². The average molecular weight is 839 g/mol. The highest BCUT2D eigenvalue weighted by molar-refractivity contribution is 5.72. The van der Waals surface area contributed by atoms with Crippen molar-refractivity contribution in [1.29, 1.82) is 0 Å². The Hall–Kier alpha value is -3.49. The summed E-state index contributed by atoms with van der Waals surface area (Å²) in [5.41, 5.74) is 0. The summed E-state index contributed by atoms with van der Waals surface area (Å²) >= 11 is 0. The largest absolute Gasteiger partial charge is 0.477 e. The lowest BCUT2D eigenvalue weighted by Gasteiger charge is -2.31. The van der Waals surface area contributed by atoms with Gasteiger partial charge in [0.05, 0.1) is 34.4 Å². The zero-order valence-corrected chi connectivity index (χ0v) is 38.9. The van der Waals surface area contributed by atoms with E-state index in [-0.39, 0.29) is 36.2 Å². The molecular formula is C52H88NO7+. The number of nitrogens with zero attached hydrogens (tertiary/aromatic N) is 1. The molecule has 2 atom stereocenters. The molecule has 60 heavy (non-hydrogen) atoms. The van der Waals surface area contributed by atoms with E-state index >= 15 is 0 Å². The van der Waals surface area contributed by atoms with Crippen LogP contribution in [0, 0.1) is 0 Å². The van der Waals surface area contributed by atoms with Gasteiger partial charge in [-0.2, -0.15) is 0 Å². The fourth-order valence-corrected chi connectivity index (χ4v) is 6.45. The second-order valence-electron chi connectivity index (χ2n) is 16.6. The molecule has 0 bridgehead atoms. The third-order valence-corrected chi connectivity index (χ3v) is 10.0. The third kappa shape index (κ3) is 39.9. The van der Waals surface area contributed by atoms with Crippen molar-refractivity contribution in [2.24, 2.45) is 0 Å². The van der Waals surface area contributed by atoms with Crippen LogP contribution in [0.15, 0.2) is 85.1 Å². The molecule has 0 aromatic carbocycles. The van der Waals surface area contributed by atoms with E-state index in [1.807, 2.05) is 21.1 Å². The van der Waals surface area contributed by atoms with Crippen LogP contribution in [0.25, 0.3) is 0 Å². The van der Waals surface area contributed by atoms with E-state index in [1.54, 1.807) is 0 Å². The lowest BCUT2D eigenvalue weighted by molar-refractivity contribution is -0.887. The smallest absolute Gasteiger partial charge is 0.362 e. The molecule has 342 valence electrons. The molecule has 0 spiro atoms. The first kappa shape index (κ1) is 56.5. The Bertz CT molecular complexity index is 1250. The SMILES string of the molecule is CC/C=C/C/C=C/C/C=C/C/C=C/C/C=C/CCCCCCCCC(=O)OCC(COCCC(C(=O)O)[N+](C)(C)C)OC(=O)CCCCCCCCC/C=C/C/C=C/CC. The number of unbranched alkanes of at least 4 members (excludes halogenated alkanes) is 13. The molecule has 2 unspecified atom stereocenters. The van der Waals surface area contributed by atoms with Crippen molar-refractivity contribution < 1.29 is 38.2 Å². The Morgan fingerprint density at radius 3 is 1.30 bits per heavy atom. The minimum atomic E-state index is -0.882. The second-order valence-corrected chi connectivity index (χ2v) is 16.6. The van der Waals surface area contributed by atoms with Crippen LogP contribution in [0.4, 0.5) is 0 Å². The predicted molar refractivity (Wildman–Crippen MR) is 252 cm³/mol. The molecule has 8 heteroatoms. The fourth-order valence-electron chi connectivity index (χ4n) is 6.45. The molecule has 0 saturated heterocycles. The highest BCUT2D eigenvalue weighted by Gasteiger charge is 2.31. The Morgan fingerprint density at radius 1 is 0.500 bits per heavy atom. The van der Waals surface area contributed by atoms with E-state index in [2.05, 4.69) is 98.9 Å². The first-order valence-electron chi connectivity index (χ1n) is 23.6. The van der Waals surface area contributed by atoms with Crippen LogP contribution in [-0.2, 0) is 28.6 Å². The van der Waals surface area contributed by atoms with E-state index in [1.165, 1.54) is 38.5 Å². The molecule has 0 radical (unpaired) electrons. The van der Waals surface area contributed by atoms with Gasteiger partial charge < -0.3 is 23.8 Å². The molecular weight excluding hydrogens is 751 g/mol. The zero-order valence-electron chi connectivity index (χ0n) is 38.9. The van der Waals surface area contributed by atoms with Crippen LogP contribution in [0.1, 0.15) is 174 Å². The van der Waals surface area contributed by atoms with Gasteiger partial charge in [-0.1, -0.05) is 157 Å². The molecule has 0 heterocycles. The summed E-state index contributed by atoms with van der Waals surface area (Å²) in [5.74, 6) is -1.51. The monoisotopic (exact) mass is 839 g/mol. The van der Waals surface area contributed by atoms with Crippen LogP contribution < -0.4 is 0 Å². The maximum atomic E-state index is 12.7. The number of quaternary nitrogens is 1. The molecule has 1 N–H and O–H groups in total. The first-order valence-corrected chi connectivity index (χ1v) is 23.6. The summed E-state index contributed by atoms with van der Waals surface area (Å²) in [5, 5.41) is 9.63. The molecule has 0 aromatic heterocycles. The van der Waals surface area contributed by atoms with Crippen molar-refractivity contribution in [2.75, 3.05) is 41.0 Å². The van der Waals surface area contributed by atoms with Crippen molar-refractivity contribution in [3.8, 4) is 0 Å². The number of ether oxygens (including phenoxy) is 3. The molecule has 0 amide bonds. The normalized spacial score (nSPS) is 13.7. The van der Waals surface area contributed by atoms with Gasteiger partial charge >= 0.3 is 17.9 Å². The number of aliphatic carboxylic acids is 1. The van der Waals surface area contributed by atoms with Crippen molar-refractivity contribution >= 4 is 17.9 Å². The van der Waals surface area contributed by atoms with Gasteiger partial charge in [0.15, 0.2) is 12.1 Å². The second kappa shape index (κ2) is 42.2. The number of rotatable bonds is 41. The van der Waals surface area contributed by atoms with Crippen molar-refractivity contribution in [3.63, 3.8) is 0 Å². The molecule has 0 aliphatic heterocycles. The molecule has 0 aliphatic rings. The number of carbonyl (C=O) groups excluding carboxylic acids is 2. The minimum Gasteiger partial charge on any atom is -0.477 e. The van der Waals surface area contributed by atoms with E-state index < -0.39 is 18.1 Å². The van der Waals surface area contributed by atoms with Crippen molar-refractivity contribution in [1.82, 2.24) is 0 Å². The number of esters is 2. The standard InChI is InChI=1S/C52H87NO7/c1-6-8-10-12-14-16-18-20-22-23-24-25-26-27-28-29-31-32-34-36-38-40-42-50(54)59-47-48(46-58-45-44-49(52(56)57)53(3,4)5)60-51(55)43-41-39-37-35-33-30-21-19-17-15-13-11-9-7-2/h8-11,14-17,20,22,24-25,27-28,48-49H,6-7,12-13,18-19,21,23,26,29-47H2,1-5H3/p+1/b10-8+,11-9+,16-14+,17-15+,22-20+,25-24+,28-27+. The van der Waals surface area contributed by atoms with Gasteiger partial charge in [-0.3, -0.25) is 9.59 Å². The third-order valence-electron chi connectivity index (χ3n) is 10.0. The molecule has 0 saturated carbocycles. The van der Waals surface area contributed by atoms with Crippen LogP contribution in [0.3, 0.4) is 0 Å². The molecule has 0 rings (SSSR count). The van der Waals surface area contributed by atoms with E-state index in [0.717, 1.165) is 103 Å². The van der Waals surface area contributed by atoms with Gasteiger partial charge in [0.25, 0.3) is 0 Å². The number of allylic oxidation sites excluding steroid dienone is 14. The zero-order chi connectivity index (χ0) is 44.2. The average Bonchev–Trinajstić information content (AvgIpc) is 3.21. The summed E-state index contributed by atoms with van der Waals surface area (Å²) < 4.78 is 17.3. The predicted octanol–water partition coefficient (Wildman–Crippen LogP) is 13.3. The summed E-state index contributed by atoms with van der Waals surface area (Å²) in [7, 11) is 5.51. The Balaban J connectivity index is 4.32. The number of carbonyl (C=O) groups is 3. The number of carboxylic acid groups (broad SMARTS) is 1. The summed E-state index contributed by atoms with van der Waals surface area (Å²) in [6.07, 6.45) is 54.8. The van der Waals surface area contributed by atoms with Gasteiger partial charge in [-0.05, 0) is 83.5 Å². The van der Waals surface area contributed by atoms with Crippen LogP contribution in [-0.4, -0.2) is 80.6 Å². The maximum absolute atomic E-state index is 12.7. The van der Waals surface area contributed by atoms with Gasteiger partial charge in [-0.15, -0.1) is 0 Å². The summed E-state index contributed by atoms with van der Waals surface area (Å²) in [6, 6.07) is -0.623. The van der Waals surface area contributed by atoms with Crippen LogP contribution >= 0.6 is 0 Å². The topological polar surface area (TPSA) is 99.1 Å².